The molecule has 0 aliphatic carbocycles. The molecule has 0 amide bonds. The lowest BCUT2D eigenvalue weighted by Gasteiger charge is -2.30. The van der Waals surface area contributed by atoms with Gasteiger partial charge in [0.25, 0.3) is 0 Å². The van der Waals surface area contributed by atoms with E-state index in [0.717, 1.165) is 80.9 Å². The number of H-pyrrole nitrogens is 1. The highest BCUT2D eigenvalue weighted by atomic mass is 19.1. The molecule has 7 nitrogen and oxygen atoms in total. The van der Waals surface area contributed by atoms with E-state index in [1.807, 2.05) is 12.4 Å². The Morgan fingerprint density at radius 1 is 1.17 bits per heavy atom. The minimum Gasteiger partial charge on any atom is -0.376 e. The molecule has 3 aromatic rings. The van der Waals surface area contributed by atoms with Gasteiger partial charge in [0, 0.05) is 43.6 Å². The van der Waals surface area contributed by atoms with Crippen LogP contribution in [-0.2, 0) is 11.3 Å². The number of likely N-dealkylation sites (tertiary alicyclic amines) is 1. The normalized spacial score (nSPS) is 20.8. The van der Waals surface area contributed by atoms with E-state index in [4.69, 9.17) is 4.74 Å². The number of benzene rings is 1. The first kappa shape index (κ1) is 19.4. The standard InChI is InChI=1S/C22H27FN6O/c23-17-3-4-19-20(10-17)28-21(27-19)16-5-7-29(8-6-16)14-15-11-24-22(25-12-15)26-13-18-2-1-9-30-18/h3-4,10-12,16,18H,1-2,5-9,13-14H2,(H,27,28)(H,24,25,26). The lowest BCUT2D eigenvalue weighted by molar-refractivity contribution is 0.120. The van der Waals surface area contributed by atoms with Gasteiger partial charge in [-0.15, -0.1) is 0 Å². The van der Waals surface area contributed by atoms with Gasteiger partial charge in [0.15, 0.2) is 0 Å². The molecule has 2 aliphatic rings. The number of aromatic amines is 1. The minimum absolute atomic E-state index is 0.233. The maximum atomic E-state index is 13.4. The van der Waals surface area contributed by atoms with Gasteiger partial charge < -0.3 is 15.0 Å². The zero-order chi connectivity index (χ0) is 20.3. The topological polar surface area (TPSA) is 79.0 Å². The predicted octanol–water partition coefficient (Wildman–Crippen LogP) is 3.46. The summed E-state index contributed by atoms with van der Waals surface area (Å²) in [4.78, 5) is 19.3. The van der Waals surface area contributed by atoms with Crippen LogP contribution in [0, 0.1) is 5.82 Å². The van der Waals surface area contributed by atoms with Gasteiger partial charge in [-0.2, -0.15) is 0 Å². The Morgan fingerprint density at radius 3 is 2.77 bits per heavy atom. The summed E-state index contributed by atoms with van der Waals surface area (Å²) >= 11 is 0. The Hall–Kier alpha value is -2.58. The number of nitrogens with one attached hydrogen (secondary N) is 2. The van der Waals surface area contributed by atoms with Crippen LogP contribution >= 0.6 is 0 Å². The molecule has 0 saturated carbocycles. The summed E-state index contributed by atoms with van der Waals surface area (Å²) in [5.41, 5.74) is 2.73. The van der Waals surface area contributed by atoms with E-state index in [2.05, 4.69) is 30.2 Å². The molecule has 5 rings (SSSR count). The Kier molecular flexibility index (Phi) is 5.59. The molecule has 1 unspecified atom stereocenters. The number of hydrogen-bond acceptors (Lipinski definition) is 6. The number of imidazole rings is 1. The molecule has 0 radical (unpaired) electrons. The molecule has 4 heterocycles. The van der Waals surface area contributed by atoms with Gasteiger partial charge in [0.1, 0.15) is 11.6 Å². The lowest BCUT2D eigenvalue weighted by Crippen LogP contribution is -2.32. The van der Waals surface area contributed by atoms with Crippen molar-refractivity contribution in [3.05, 3.63) is 47.8 Å². The Bertz CT molecular complexity index is 977. The molecule has 2 fully saturated rings. The van der Waals surface area contributed by atoms with Crippen LogP contribution in [-0.4, -0.2) is 57.2 Å². The van der Waals surface area contributed by atoms with Gasteiger partial charge in [-0.1, -0.05) is 0 Å². The van der Waals surface area contributed by atoms with E-state index in [-0.39, 0.29) is 11.9 Å². The summed E-state index contributed by atoms with van der Waals surface area (Å²) in [7, 11) is 0. The van der Waals surface area contributed by atoms with Crippen molar-refractivity contribution in [1.82, 2.24) is 24.8 Å². The minimum atomic E-state index is -0.233. The monoisotopic (exact) mass is 410 g/mol. The lowest BCUT2D eigenvalue weighted by atomic mass is 9.96. The van der Waals surface area contributed by atoms with Crippen LogP contribution in [0.1, 0.15) is 43.0 Å². The van der Waals surface area contributed by atoms with Crippen molar-refractivity contribution >= 4 is 17.0 Å². The summed E-state index contributed by atoms with van der Waals surface area (Å²) in [5.74, 6) is 1.79. The largest absolute Gasteiger partial charge is 0.376 e. The highest BCUT2D eigenvalue weighted by Crippen LogP contribution is 2.28. The number of aromatic nitrogens is 4. The second-order valence-corrected chi connectivity index (χ2v) is 8.26. The summed E-state index contributed by atoms with van der Waals surface area (Å²) in [6.07, 6.45) is 8.40. The first-order valence-electron chi connectivity index (χ1n) is 10.8. The van der Waals surface area contributed by atoms with Crippen LogP contribution in [0.2, 0.25) is 0 Å². The van der Waals surface area contributed by atoms with E-state index in [1.165, 1.54) is 12.1 Å². The number of hydrogen-bond donors (Lipinski definition) is 2. The second-order valence-electron chi connectivity index (χ2n) is 8.26. The second kappa shape index (κ2) is 8.65. The Labute approximate surface area is 175 Å². The molecule has 1 aromatic carbocycles. The SMILES string of the molecule is Fc1ccc2nc(C3CCN(Cc4cnc(NCC5CCCO5)nc4)CC3)[nH]c2c1. The van der Waals surface area contributed by atoms with Crippen molar-refractivity contribution in [1.29, 1.82) is 0 Å². The molecule has 0 spiro atoms. The Morgan fingerprint density at radius 2 is 2.00 bits per heavy atom. The molecule has 2 saturated heterocycles. The number of piperidine rings is 1. The molecule has 2 aromatic heterocycles. The smallest absolute Gasteiger partial charge is 0.222 e. The third-order valence-electron chi connectivity index (χ3n) is 6.06. The van der Waals surface area contributed by atoms with Crippen LogP contribution in [0.3, 0.4) is 0 Å². The molecule has 0 bridgehead atoms. The molecule has 30 heavy (non-hydrogen) atoms. The van der Waals surface area contributed by atoms with E-state index in [0.29, 0.717) is 11.9 Å². The molecular weight excluding hydrogens is 383 g/mol. The van der Waals surface area contributed by atoms with Gasteiger partial charge in [0.05, 0.1) is 17.1 Å². The first-order valence-corrected chi connectivity index (χ1v) is 10.8. The van der Waals surface area contributed by atoms with Gasteiger partial charge in [-0.05, 0) is 57.0 Å². The van der Waals surface area contributed by atoms with Gasteiger partial charge in [0.2, 0.25) is 5.95 Å². The molecule has 2 aliphatic heterocycles. The summed E-state index contributed by atoms with van der Waals surface area (Å²) in [5, 5.41) is 3.26. The highest BCUT2D eigenvalue weighted by Gasteiger charge is 2.23. The third-order valence-corrected chi connectivity index (χ3v) is 6.06. The molecule has 1 atom stereocenters. The van der Waals surface area contributed by atoms with Crippen LogP contribution in [0.25, 0.3) is 11.0 Å². The van der Waals surface area contributed by atoms with Crippen LogP contribution in [0.15, 0.2) is 30.6 Å². The number of ether oxygens (including phenoxy) is 1. The first-order chi connectivity index (χ1) is 14.7. The Balaban J connectivity index is 1.12. The highest BCUT2D eigenvalue weighted by molar-refractivity contribution is 5.75. The van der Waals surface area contributed by atoms with Crippen molar-refractivity contribution in [3.63, 3.8) is 0 Å². The summed E-state index contributed by atoms with van der Waals surface area (Å²) < 4.78 is 19.0. The van der Waals surface area contributed by atoms with Gasteiger partial charge >= 0.3 is 0 Å². The van der Waals surface area contributed by atoms with Crippen molar-refractivity contribution < 1.29 is 9.13 Å². The van der Waals surface area contributed by atoms with Gasteiger partial charge in [-0.25, -0.2) is 19.3 Å². The zero-order valence-electron chi connectivity index (χ0n) is 17.0. The number of halogens is 1. The number of nitrogens with zero attached hydrogens (tertiary/aromatic N) is 4. The fourth-order valence-corrected chi connectivity index (χ4v) is 4.36. The van der Waals surface area contributed by atoms with Crippen molar-refractivity contribution in [2.45, 2.75) is 44.2 Å². The third kappa shape index (κ3) is 4.44. The van der Waals surface area contributed by atoms with E-state index >= 15 is 0 Å². The average Bonchev–Trinajstić information content (AvgIpc) is 3.43. The van der Waals surface area contributed by atoms with Crippen LogP contribution in [0.5, 0.6) is 0 Å². The van der Waals surface area contributed by atoms with Crippen LogP contribution in [0.4, 0.5) is 10.3 Å². The maximum absolute atomic E-state index is 13.4. The number of anilines is 1. The maximum Gasteiger partial charge on any atom is 0.222 e. The molecule has 8 heteroatoms. The van der Waals surface area contributed by atoms with Crippen molar-refractivity contribution in [2.75, 3.05) is 31.6 Å². The summed E-state index contributed by atoms with van der Waals surface area (Å²) in [6, 6.07) is 4.71. The fourth-order valence-electron chi connectivity index (χ4n) is 4.36. The average molecular weight is 410 g/mol. The molecule has 2 N–H and O–H groups in total. The van der Waals surface area contributed by atoms with E-state index in [1.54, 1.807) is 6.07 Å². The fraction of sp³-hybridized carbons (Fsp3) is 0.500. The molecule has 158 valence electrons. The van der Waals surface area contributed by atoms with Crippen molar-refractivity contribution in [3.8, 4) is 0 Å². The van der Waals surface area contributed by atoms with Crippen LogP contribution < -0.4 is 5.32 Å². The quantitative estimate of drug-likeness (QED) is 0.648. The summed E-state index contributed by atoms with van der Waals surface area (Å²) in [6.45, 7) is 4.47. The van der Waals surface area contributed by atoms with Crippen molar-refractivity contribution in [2.24, 2.45) is 0 Å². The van der Waals surface area contributed by atoms with E-state index in [9.17, 15) is 4.39 Å². The molecular formula is C22H27FN6O. The number of fused-ring (bicyclic) bond motifs is 1. The predicted molar refractivity (Wildman–Crippen MR) is 113 cm³/mol. The van der Waals surface area contributed by atoms with E-state index < -0.39 is 0 Å². The zero-order valence-corrected chi connectivity index (χ0v) is 17.0. The number of rotatable bonds is 6. The van der Waals surface area contributed by atoms with Gasteiger partial charge in [-0.3, -0.25) is 4.90 Å².